The summed E-state index contributed by atoms with van der Waals surface area (Å²) in [6, 6.07) is 61.8. The number of imidazole rings is 1. The summed E-state index contributed by atoms with van der Waals surface area (Å²) < 4.78 is 2.30. The van der Waals surface area contributed by atoms with Crippen molar-refractivity contribution in [3.63, 3.8) is 0 Å². The lowest BCUT2D eigenvalue weighted by Crippen LogP contribution is -2.38. The number of benzene rings is 8. The number of fused-ring (bicyclic) bond motifs is 10. The van der Waals surface area contributed by atoms with Crippen LogP contribution in [0.1, 0.15) is 12.5 Å². The number of allylic oxidation sites excluding steroid dienone is 2. The van der Waals surface area contributed by atoms with Gasteiger partial charge in [-0.1, -0.05) is 127 Å². The molecule has 0 fully saturated rings. The van der Waals surface area contributed by atoms with Gasteiger partial charge in [-0.3, -0.25) is 9.39 Å². The van der Waals surface area contributed by atoms with Crippen LogP contribution in [0.4, 0.5) is 5.69 Å². The third kappa shape index (κ3) is 5.68. The lowest BCUT2D eigenvalue weighted by Gasteiger charge is -2.31. The standard InChI is InChI=1S/C53H38N4/c1-35-12-4-3-11-29-54-52(56(35)45-13-5-2-6-14-45)44-26-25-40-31-38(22-24-42(40)33-44)36-19-20-39-32-41(23-21-37(39)30-36)43-27-28-47-48(34-43)46-15-7-9-17-50(46)57-51-18-10-8-16-49(51)55-53(47)57/h2-28,30-35H,29H2,1H3/b11-3-,12-4-,54-52?. The van der Waals surface area contributed by atoms with Crippen LogP contribution in [0.3, 0.4) is 0 Å². The molecule has 0 amide bonds. The first-order valence-electron chi connectivity index (χ1n) is 19.7. The molecule has 57 heavy (non-hydrogen) atoms. The minimum absolute atomic E-state index is 0.138. The molecular weight excluding hydrogens is 693 g/mol. The van der Waals surface area contributed by atoms with Crippen molar-refractivity contribution in [1.82, 2.24) is 9.38 Å². The molecule has 0 saturated heterocycles. The van der Waals surface area contributed by atoms with Crippen LogP contribution in [0, 0.1) is 0 Å². The number of anilines is 1. The minimum atomic E-state index is 0.138. The molecule has 0 bridgehead atoms. The summed E-state index contributed by atoms with van der Waals surface area (Å²) in [4.78, 5) is 12.5. The summed E-state index contributed by atoms with van der Waals surface area (Å²) in [5, 5.41) is 8.45. The van der Waals surface area contributed by atoms with E-state index in [2.05, 4.69) is 210 Å². The Morgan fingerprint density at radius 3 is 1.79 bits per heavy atom. The van der Waals surface area contributed by atoms with Crippen LogP contribution >= 0.6 is 0 Å². The maximum Gasteiger partial charge on any atom is 0.146 e. The molecule has 1 aliphatic rings. The normalized spacial score (nSPS) is 15.9. The zero-order valence-corrected chi connectivity index (χ0v) is 31.5. The Kier molecular flexibility index (Phi) is 7.82. The van der Waals surface area contributed by atoms with Gasteiger partial charge in [0.15, 0.2) is 0 Å². The summed E-state index contributed by atoms with van der Waals surface area (Å²) in [7, 11) is 0. The summed E-state index contributed by atoms with van der Waals surface area (Å²) in [5.74, 6) is 0.978. The van der Waals surface area contributed by atoms with Crippen molar-refractivity contribution in [3.05, 3.63) is 200 Å². The fourth-order valence-electron chi connectivity index (χ4n) is 8.69. The van der Waals surface area contributed by atoms with Gasteiger partial charge in [0.05, 0.1) is 29.1 Å². The first kappa shape index (κ1) is 33.1. The molecule has 0 radical (unpaired) electrons. The van der Waals surface area contributed by atoms with Crippen LogP contribution in [0.25, 0.3) is 82.2 Å². The summed E-state index contributed by atoms with van der Waals surface area (Å²) in [6.45, 7) is 2.85. The summed E-state index contributed by atoms with van der Waals surface area (Å²) >= 11 is 0. The van der Waals surface area contributed by atoms with Gasteiger partial charge in [-0.15, -0.1) is 0 Å². The third-order valence-corrected chi connectivity index (χ3v) is 11.5. The monoisotopic (exact) mass is 730 g/mol. The quantitative estimate of drug-likeness (QED) is 0.169. The molecule has 0 saturated carbocycles. The molecule has 8 aromatic carbocycles. The number of aliphatic imine (C=N–C) groups is 1. The molecular formula is C53H38N4. The van der Waals surface area contributed by atoms with E-state index in [0.717, 1.165) is 39.2 Å². The Labute approximate surface area is 331 Å². The van der Waals surface area contributed by atoms with Crippen LogP contribution in [-0.2, 0) is 0 Å². The second kappa shape index (κ2) is 13.5. The van der Waals surface area contributed by atoms with Crippen LogP contribution < -0.4 is 4.90 Å². The molecule has 11 rings (SSSR count). The average molecular weight is 731 g/mol. The number of amidine groups is 1. The highest BCUT2D eigenvalue weighted by molar-refractivity contribution is 6.15. The number of para-hydroxylation sites is 4. The fraction of sp³-hybridized carbons (Fsp3) is 0.0566. The third-order valence-electron chi connectivity index (χ3n) is 11.5. The van der Waals surface area contributed by atoms with Crippen molar-refractivity contribution in [2.45, 2.75) is 13.0 Å². The zero-order chi connectivity index (χ0) is 37.9. The Hall–Kier alpha value is -7.30. The van der Waals surface area contributed by atoms with E-state index < -0.39 is 0 Å². The second-order valence-electron chi connectivity index (χ2n) is 15.0. The number of nitrogens with zero attached hydrogens (tertiary/aromatic N) is 4. The lowest BCUT2D eigenvalue weighted by atomic mass is 9.95. The van der Waals surface area contributed by atoms with E-state index in [1.54, 1.807) is 0 Å². The van der Waals surface area contributed by atoms with Crippen LogP contribution in [0.15, 0.2) is 199 Å². The zero-order valence-electron chi connectivity index (χ0n) is 31.5. The van der Waals surface area contributed by atoms with Gasteiger partial charge in [-0.05, 0) is 123 Å². The average Bonchev–Trinajstić information content (AvgIpc) is 3.70. The van der Waals surface area contributed by atoms with Gasteiger partial charge in [0.1, 0.15) is 11.5 Å². The van der Waals surface area contributed by atoms with Crippen molar-refractivity contribution >= 4 is 71.4 Å². The highest BCUT2D eigenvalue weighted by atomic mass is 15.2. The SMILES string of the molecule is CC1/C=C\C=C/CN=C(c2ccc3cc(-c4ccc5cc(-c6ccc7c(c6)c6ccccc6n6c8ccccc8nc76)ccc5c4)ccc3c2)N1c1ccccc1. The first-order valence-corrected chi connectivity index (χ1v) is 19.7. The van der Waals surface area contributed by atoms with Crippen molar-refractivity contribution in [3.8, 4) is 22.3 Å². The van der Waals surface area contributed by atoms with Crippen LogP contribution in [0.5, 0.6) is 0 Å². The summed E-state index contributed by atoms with van der Waals surface area (Å²) in [5.41, 5.74) is 11.4. The van der Waals surface area contributed by atoms with E-state index in [-0.39, 0.29) is 6.04 Å². The highest BCUT2D eigenvalue weighted by Gasteiger charge is 2.21. The van der Waals surface area contributed by atoms with E-state index in [1.165, 1.54) is 60.1 Å². The second-order valence-corrected chi connectivity index (χ2v) is 15.0. The predicted molar refractivity (Wildman–Crippen MR) is 242 cm³/mol. The van der Waals surface area contributed by atoms with E-state index in [9.17, 15) is 0 Å². The minimum Gasteiger partial charge on any atom is -0.320 e. The largest absolute Gasteiger partial charge is 0.320 e. The molecule has 10 aromatic rings. The van der Waals surface area contributed by atoms with Gasteiger partial charge in [0.2, 0.25) is 0 Å². The van der Waals surface area contributed by atoms with E-state index in [4.69, 9.17) is 9.98 Å². The lowest BCUT2D eigenvalue weighted by molar-refractivity contribution is 0.883. The molecule has 1 aliphatic heterocycles. The fourth-order valence-corrected chi connectivity index (χ4v) is 8.69. The molecule has 0 N–H and O–H groups in total. The number of hydrogen-bond acceptors (Lipinski definition) is 3. The van der Waals surface area contributed by atoms with Gasteiger partial charge in [0.25, 0.3) is 0 Å². The van der Waals surface area contributed by atoms with Gasteiger partial charge >= 0.3 is 0 Å². The number of hydrogen-bond donors (Lipinski definition) is 0. The number of aromatic nitrogens is 2. The van der Waals surface area contributed by atoms with Crippen LogP contribution in [0.2, 0.25) is 0 Å². The van der Waals surface area contributed by atoms with Gasteiger partial charge in [0, 0.05) is 22.0 Å². The van der Waals surface area contributed by atoms with Crippen LogP contribution in [-0.4, -0.2) is 27.8 Å². The molecule has 1 atom stereocenters. The Balaban J connectivity index is 0.928. The Morgan fingerprint density at radius 1 is 0.491 bits per heavy atom. The van der Waals surface area contributed by atoms with E-state index in [1.807, 2.05) is 0 Å². The maximum absolute atomic E-state index is 5.10. The first-order chi connectivity index (χ1) is 28.2. The molecule has 4 heteroatoms. The van der Waals surface area contributed by atoms with E-state index >= 15 is 0 Å². The number of pyridine rings is 1. The molecule has 2 aromatic heterocycles. The smallest absolute Gasteiger partial charge is 0.146 e. The van der Waals surface area contributed by atoms with Gasteiger partial charge in [-0.2, -0.15) is 0 Å². The Morgan fingerprint density at radius 2 is 1.07 bits per heavy atom. The molecule has 4 nitrogen and oxygen atoms in total. The predicted octanol–water partition coefficient (Wildman–Crippen LogP) is 13.2. The van der Waals surface area contributed by atoms with Crippen molar-refractivity contribution < 1.29 is 0 Å². The molecule has 0 aliphatic carbocycles. The Bertz CT molecular complexity index is 3300. The topological polar surface area (TPSA) is 32.9 Å². The van der Waals surface area contributed by atoms with Crippen molar-refractivity contribution in [2.24, 2.45) is 4.99 Å². The van der Waals surface area contributed by atoms with Crippen molar-refractivity contribution in [1.29, 1.82) is 0 Å². The van der Waals surface area contributed by atoms with E-state index in [0.29, 0.717) is 6.54 Å². The summed E-state index contributed by atoms with van der Waals surface area (Å²) in [6.07, 6.45) is 8.55. The van der Waals surface area contributed by atoms with Crippen molar-refractivity contribution in [2.75, 3.05) is 11.4 Å². The number of rotatable bonds is 4. The van der Waals surface area contributed by atoms with Gasteiger partial charge in [-0.25, -0.2) is 4.98 Å². The van der Waals surface area contributed by atoms with Gasteiger partial charge < -0.3 is 4.90 Å². The molecule has 270 valence electrons. The molecule has 3 heterocycles. The highest BCUT2D eigenvalue weighted by Crippen LogP contribution is 2.36. The molecule has 0 spiro atoms. The molecule has 1 unspecified atom stereocenters. The maximum atomic E-state index is 5.10.